The number of para-hydroxylation sites is 1. The summed E-state index contributed by atoms with van der Waals surface area (Å²) < 4.78 is 78.3. The molecule has 0 aromatic heterocycles. The summed E-state index contributed by atoms with van der Waals surface area (Å²) in [6.07, 6.45) is -10.6. The number of carbonyl (C=O) groups is 2. The number of carbonyl (C=O) groups excluding carboxylic acids is 2. The highest BCUT2D eigenvalue weighted by Gasteiger charge is 2.43. The summed E-state index contributed by atoms with van der Waals surface area (Å²) in [5.41, 5.74) is 2.13. The number of halogens is 6. The lowest BCUT2D eigenvalue weighted by Crippen LogP contribution is -2.31. The second-order valence-corrected chi connectivity index (χ2v) is 7.42. The molecule has 11 heteroatoms. The van der Waals surface area contributed by atoms with E-state index in [2.05, 4.69) is 0 Å². The number of hydrogen-bond acceptors (Lipinski definition) is 4. The first-order valence-corrected chi connectivity index (χ1v) is 8.93. The van der Waals surface area contributed by atoms with Crippen molar-refractivity contribution in [3.8, 4) is 0 Å². The van der Waals surface area contributed by atoms with Crippen molar-refractivity contribution in [3.63, 3.8) is 0 Å². The third kappa shape index (κ3) is 4.34. The SMILES string of the molecule is Nc1ccccc1S[C@@H]1CC(=O)N(c2cc(C(F)(F)F)cc(C(F)(F)F)c2)C1=O. The van der Waals surface area contributed by atoms with Crippen molar-refractivity contribution in [2.24, 2.45) is 0 Å². The number of nitrogen functional groups attached to an aromatic ring is 1. The van der Waals surface area contributed by atoms with Gasteiger partial charge in [-0.25, -0.2) is 4.90 Å². The molecule has 154 valence electrons. The maximum Gasteiger partial charge on any atom is 0.416 e. The Bertz CT molecular complexity index is 941. The van der Waals surface area contributed by atoms with Gasteiger partial charge in [-0.15, -0.1) is 11.8 Å². The standard InChI is InChI=1S/C18H12F6N2O2S/c19-17(20,21)9-5-10(18(22,23)24)7-11(6-9)26-15(27)8-14(16(26)28)29-13-4-2-1-3-12(13)25/h1-7,14H,8,25H2/t14-/m1/s1. The van der Waals surface area contributed by atoms with Crippen LogP contribution in [0.5, 0.6) is 0 Å². The summed E-state index contributed by atoms with van der Waals surface area (Å²) in [5, 5.41) is -1.02. The Labute approximate surface area is 164 Å². The second-order valence-electron chi connectivity index (χ2n) is 6.18. The third-order valence-corrected chi connectivity index (χ3v) is 5.40. The maximum atomic E-state index is 13.1. The smallest absolute Gasteiger partial charge is 0.398 e. The first-order valence-electron chi connectivity index (χ1n) is 8.05. The van der Waals surface area contributed by atoms with Gasteiger partial charge in [-0.05, 0) is 30.3 Å². The molecule has 0 saturated carbocycles. The Kier molecular flexibility index (Phi) is 5.28. The van der Waals surface area contributed by atoms with Gasteiger partial charge in [-0.2, -0.15) is 26.3 Å². The average molecular weight is 434 g/mol. The number of nitrogens with two attached hydrogens (primary N) is 1. The Morgan fingerprint density at radius 1 is 0.931 bits per heavy atom. The summed E-state index contributed by atoms with van der Waals surface area (Å²) in [6, 6.07) is 7.08. The molecule has 2 N–H and O–H groups in total. The fraction of sp³-hybridized carbons (Fsp3) is 0.222. The highest BCUT2D eigenvalue weighted by Crippen LogP contribution is 2.41. The summed E-state index contributed by atoms with van der Waals surface area (Å²) >= 11 is 0.926. The normalized spacial score (nSPS) is 17.9. The van der Waals surface area contributed by atoms with Crippen LogP contribution in [0.1, 0.15) is 17.5 Å². The number of benzene rings is 2. The molecule has 2 aromatic carbocycles. The lowest BCUT2D eigenvalue weighted by molar-refractivity contribution is -0.143. The van der Waals surface area contributed by atoms with Crippen molar-refractivity contribution >= 4 is 35.0 Å². The number of thioether (sulfide) groups is 1. The van der Waals surface area contributed by atoms with Crippen LogP contribution in [-0.4, -0.2) is 17.1 Å². The number of hydrogen-bond donors (Lipinski definition) is 1. The molecule has 1 aliphatic heterocycles. The molecule has 4 nitrogen and oxygen atoms in total. The highest BCUT2D eigenvalue weighted by molar-refractivity contribution is 8.00. The van der Waals surface area contributed by atoms with Crippen LogP contribution in [0.4, 0.5) is 37.7 Å². The van der Waals surface area contributed by atoms with E-state index in [0.717, 1.165) is 11.8 Å². The molecule has 1 atom stereocenters. The number of nitrogens with zero attached hydrogens (tertiary/aromatic N) is 1. The van der Waals surface area contributed by atoms with Crippen LogP contribution in [0.25, 0.3) is 0 Å². The Morgan fingerprint density at radius 3 is 2.00 bits per heavy atom. The van der Waals surface area contributed by atoms with Gasteiger partial charge in [0.05, 0.1) is 22.1 Å². The predicted molar refractivity (Wildman–Crippen MR) is 94.1 cm³/mol. The molecule has 0 aliphatic carbocycles. The van der Waals surface area contributed by atoms with Crippen LogP contribution in [0, 0.1) is 0 Å². The van der Waals surface area contributed by atoms with Crippen LogP contribution in [0.2, 0.25) is 0 Å². The van der Waals surface area contributed by atoms with Gasteiger partial charge in [0, 0.05) is 17.0 Å². The maximum absolute atomic E-state index is 13.1. The largest absolute Gasteiger partial charge is 0.416 e. The predicted octanol–water partition coefficient (Wildman–Crippen LogP) is 4.73. The lowest BCUT2D eigenvalue weighted by Gasteiger charge is -2.19. The van der Waals surface area contributed by atoms with Crippen molar-refractivity contribution in [2.75, 3.05) is 10.6 Å². The monoisotopic (exact) mass is 434 g/mol. The van der Waals surface area contributed by atoms with Gasteiger partial charge >= 0.3 is 12.4 Å². The molecule has 0 spiro atoms. The van der Waals surface area contributed by atoms with Gasteiger partial charge in [0.1, 0.15) is 0 Å². The summed E-state index contributed by atoms with van der Waals surface area (Å²) in [4.78, 5) is 25.8. The minimum Gasteiger partial charge on any atom is -0.398 e. The highest BCUT2D eigenvalue weighted by atomic mass is 32.2. The van der Waals surface area contributed by atoms with Crippen molar-refractivity contribution in [3.05, 3.63) is 53.6 Å². The van der Waals surface area contributed by atoms with Gasteiger partial charge in [0.15, 0.2) is 0 Å². The van der Waals surface area contributed by atoms with E-state index in [-0.39, 0.29) is 12.5 Å². The lowest BCUT2D eigenvalue weighted by atomic mass is 10.1. The van der Waals surface area contributed by atoms with Crippen LogP contribution >= 0.6 is 11.8 Å². The molecule has 0 bridgehead atoms. The summed E-state index contributed by atoms with van der Waals surface area (Å²) in [7, 11) is 0. The topological polar surface area (TPSA) is 63.4 Å². The van der Waals surface area contributed by atoms with E-state index in [4.69, 9.17) is 5.73 Å². The fourth-order valence-corrected chi connectivity index (χ4v) is 3.88. The number of rotatable bonds is 3. The van der Waals surface area contributed by atoms with Crippen molar-refractivity contribution < 1.29 is 35.9 Å². The molecule has 1 aliphatic rings. The Morgan fingerprint density at radius 2 is 1.48 bits per heavy atom. The minimum atomic E-state index is -5.09. The number of anilines is 2. The number of amides is 2. The van der Waals surface area contributed by atoms with E-state index in [9.17, 15) is 35.9 Å². The van der Waals surface area contributed by atoms with Crippen LogP contribution in [-0.2, 0) is 21.9 Å². The molecule has 1 heterocycles. The molecule has 29 heavy (non-hydrogen) atoms. The Hall–Kier alpha value is -2.69. The second kappa shape index (κ2) is 7.29. The van der Waals surface area contributed by atoms with Crippen molar-refractivity contribution in [1.82, 2.24) is 0 Å². The van der Waals surface area contributed by atoms with Gasteiger partial charge < -0.3 is 5.73 Å². The van der Waals surface area contributed by atoms with Gasteiger partial charge in [-0.1, -0.05) is 12.1 Å². The zero-order valence-corrected chi connectivity index (χ0v) is 15.2. The third-order valence-electron chi connectivity index (χ3n) is 4.12. The molecule has 2 aromatic rings. The molecule has 1 fully saturated rings. The molecule has 3 rings (SSSR count). The van der Waals surface area contributed by atoms with E-state index in [1.807, 2.05) is 0 Å². The fourth-order valence-electron chi connectivity index (χ4n) is 2.78. The molecule has 2 amide bonds. The van der Waals surface area contributed by atoms with E-state index in [1.54, 1.807) is 24.3 Å². The molecule has 0 unspecified atom stereocenters. The average Bonchev–Trinajstić information content (AvgIpc) is 2.88. The van der Waals surface area contributed by atoms with Crippen LogP contribution in [0.15, 0.2) is 47.4 Å². The van der Waals surface area contributed by atoms with E-state index in [0.29, 0.717) is 27.6 Å². The zero-order chi connectivity index (χ0) is 21.6. The van der Waals surface area contributed by atoms with Gasteiger partial charge in [-0.3, -0.25) is 9.59 Å². The van der Waals surface area contributed by atoms with Crippen LogP contribution < -0.4 is 10.6 Å². The quantitative estimate of drug-likeness (QED) is 0.431. The molecule has 0 radical (unpaired) electrons. The molecular weight excluding hydrogens is 422 g/mol. The summed E-state index contributed by atoms with van der Waals surface area (Å²) in [5.74, 6) is -1.80. The van der Waals surface area contributed by atoms with E-state index >= 15 is 0 Å². The zero-order valence-electron chi connectivity index (χ0n) is 14.3. The van der Waals surface area contributed by atoms with Crippen LogP contribution in [0.3, 0.4) is 0 Å². The first kappa shape index (κ1) is 21.0. The van der Waals surface area contributed by atoms with Crippen molar-refractivity contribution in [2.45, 2.75) is 28.9 Å². The van der Waals surface area contributed by atoms with Gasteiger partial charge in [0.2, 0.25) is 11.8 Å². The van der Waals surface area contributed by atoms with E-state index in [1.165, 1.54) is 0 Å². The Balaban J connectivity index is 1.98. The first-order chi connectivity index (χ1) is 13.4. The van der Waals surface area contributed by atoms with E-state index < -0.39 is 46.2 Å². The molecular formula is C18H12F6N2O2S. The molecule has 1 saturated heterocycles. The number of imide groups is 1. The number of alkyl halides is 6. The minimum absolute atomic E-state index is 0.0641. The van der Waals surface area contributed by atoms with Gasteiger partial charge in [0.25, 0.3) is 0 Å². The summed E-state index contributed by atoms with van der Waals surface area (Å²) in [6.45, 7) is 0. The van der Waals surface area contributed by atoms with Crippen molar-refractivity contribution in [1.29, 1.82) is 0 Å².